The highest BCUT2D eigenvalue weighted by Crippen LogP contribution is 2.23. The number of benzene rings is 2. The molecule has 0 spiro atoms. The van der Waals surface area contributed by atoms with E-state index < -0.39 is 0 Å². The number of nitrogens with one attached hydrogen (secondary N) is 1. The first-order valence-corrected chi connectivity index (χ1v) is 8.94. The summed E-state index contributed by atoms with van der Waals surface area (Å²) < 4.78 is 11.1. The molecule has 0 unspecified atom stereocenters. The Morgan fingerprint density at radius 3 is 1.96 bits per heavy atom. The zero-order valence-corrected chi connectivity index (χ0v) is 15.3. The van der Waals surface area contributed by atoms with Crippen LogP contribution in [0, 0.1) is 0 Å². The van der Waals surface area contributed by atoms with Crippen LogP contribution in [-0.2, 0) is 17.6 Å². The van der Waals surface area contributed by atoms with E-state index in [1.54, 1.807) is 0 Å². The third-order valence-electron chi connectivity index (χ3n) is 3.93. The molecule has 4 nitrogen and oxygen atoms in total. The average molecular weight is 341 g/mol. The van der Waals surface area contributed by atoms with E-state index in [1.165, 1.54) is 0 Å². The summed E-state index contributed by atoms with van der Waals surface area (Å²) >= 11 is 0. The monoisotopic (exact) mass is 341 g/mol. The number of carbonyl (C=O) groups excluding carboxylic acids is 1. The van der Waals surface area contributed by atoms with Crippen LogP contribution in [0.4, 0.5) is 5.69 Å². The lowest BCUT2D eigenvalue weighted by molar-refractivity contribution is -0.118. The minimum Gasteiger partial charge on any atom is -0.494 e. The zero-order chi connectivity index (χ0) is 18.1. The van der Waals surface area contributed by atoms with Gasteiger partial charge in [-0.15, -0.1) is 0 Å². The van der Waals surface area contributed by atoms with Gasteiger partial charge in [0.05, 0.1) is 6.61 Å². The highest BCUT2D eigenvalue weighted by Gasteiger charge is 2.10. The Kier molecular flexibility index (Phi) is 7.33. The number of rotatable bonds is 9. The second-order valence-corrected chi connectivity index (χ2v) is 5.82. The van der Waals surface area contributed by atoms with Crippen molar-refractivity contribution in [3.05, 3.63) is 53.6 Å². The molecule has 1 N–H and O–H groups in total. The molecule has 0 heterocycles. The topological polar surface area (TPSA) is 47.6 Å². The molecule has 4 heteroatoms. The van der Waals surface area contributed by atoms with E-state index in [1.807, 2.05) is 42.5 Å². The van der Waals surface area contributed by atoms with Gasteiger partial charge < -0.3 is 14.8 Å². The van der Waals surface area contributed by atoms with Crippen molar-refractivity contribution in [2.45, 2.75) is 40.0 Å². The van der Waals surface area contributed by atoms with Crippen molar-refractivity contribution in [3.63, 3.8) is 0 Å². The average Bonchev–Trinajstić information content (AvgIpc) is 2.65. The second-order valence-electron chi connectivity index (χ2n) is 5.82. The molecule has 0 aliphatic heterocycles. The normalized spacial score (nSPS) is 10.4. The smallest absolute Gasteiger partial charge is 0.262 e. The van der Waals surface area contributed by atoms with E-state index in [0.717, 1.165) is 41.8 Å². The van der Waals surface area contributed by atoms with Crippen LogP contribution in [0.3, 0.4) is 0 Å². The van der Waals surface area contributed by atoms with Gasteiger partial charge in [0.25, 0.3) is 5.91 Å². The third-order valence-corrected chi connectivity index (χ3v) is 3.93. The number of carbonyl (C=O) groups is 1. The summed E-state index contributed by atoms with van der Waals surface area (Å²) in [7, 11) is 0. The molecule has 0 atom stereocenters. The van der Waals surface area contributed by atoms with Crippen molar-refractivity contribution in [2.24, 2.45) is 0 Å². The summed E-state index contributed by atoms with van der Waals surface area (Å²) in [6.45, 7) is 6.92. The van der Waals surface area contributed by atoms with Crippen molar-refractivity contribution in [3.8, 4) is 11.5 Å². The Morgan fingerprint density at radius 1 is 0.880 bits per heavy atom. The molecular formula is C21H27NO3. The van der Waals surface area contributed by atoms with E-state index >= 15 is 0 Å². The number of hydrogen-bond donors (Lipinski definition) is 1. The Labute approximate surface area is 150 Å². The van der Waals surface area contributed by atoms with Crippen LogP contribution < -0.4 is 14.8 Å². The van der Waals surface area contributed by atoms with Gasteiger partial charge in [0.15, 0.2) is 6.61 Å². The van der Waals surface area contributed by atoms with Gasteiger partial charge in [-0.2, -0.15) is 0 Å². The van der Waals surface area contributed by atoms with Crippen molar-refractivity contribution in [1.82, 2.24) is 0 Å². The molecule has 0 saturated heterocycles. The Morgan fingerprint density at radius 2 is 1.44 bits per heavy atom. The van der Waals surface area contributed by atoms with Crippen LogP contribution in [0.5, 0.6) is 11.5 Å². The molecule has 25 heavy (non-hydrogen) atoms. The standard InChI is InChI=1S/C21H27NO3/c1-4-14-24-18-10-12-19(13-11-18)25-15-20(23)22-21-16(5-2)8-7-9-17(21)6-3/h7-13H,4-6,14-15H2,1-3H3,(H,22,23). The van der Waals surface area contributed by atoms with Crippen molar-refractivity contribution < 1.29 is 14.3 Å². The maximum absolute atomic E-state index is 12.3. The maximum atomic E-state index is 12.3. The number of hydrogen-bond acceptors (Lipinski definition) is 3. The summed E-state index contributed by atoms with van der Waals surface area (Å²) in [5.74, 6) is 1.31. The van der Waals surface area contributed by atoms with Gasteiger partial charge >= 0.3 is 0 Å². The number of amides is 1. The van der Waals surface area contributed by atoms with Crippen LogP contribution in [-0.4, -0.2) is 19.1 Å². The van der Waals surface area contributed by atoms with Gasteiger partial charge in [-0.25, -0.2) is 0 Å². The first kappa shape index (κ1) is 18.8. The zero-order valence-electron chi connectivity index (χ0n) is 15.3. The lowest BCUT2D eigenvalue weighted by Crippen LogP contribution is -2.21. The van der Waals surface area contributed by atoms with Gasteiger partial charge in [0, 0.05) is 5.69 Å². The third kappa shape index (κ3) is 5.52. The number of aryl methyl sites for hydroxylation is 2. The molecule has 0 saturated carbocycles. The summed E-state index contributed by atoms with van der Waals surface area (Å²) in [5, 5.41) is 3.00. The van der Waals surface area contributed by atoms with Crippen LogP contribution in [0.15, 0.2) is 42.5 Å². The van der Waals surface area contributed by atoms with Gasteiger partial charge in [-0.1, -0.05) is 39.0 Å². The quantitative estimate of drug-likeness (QED) is 0.724. The molecule has 2 rings (SSSR count). The molecule has 0 aliphatic rings. The predicted octanol–water partition coefficient (Wildman–Crippen LogP) is 4.62. The molecule has 1 amide bonds. The van der Waals surface area contributed by atoms with Crippen molar-refractivity contribution in [2.75, 3.05) is 18.5 Å². The fourth-order valence-corrected chi connectivity index (χ4v) is 2.58. The molecule has 0 bridgehead atoms. The maximum Gasteiger partial charge on any atom is 0.262 e. The van der Waals surface area contributed by atoms with E-state index in [-0.39, 0.29) is 12.5 Å². The largest absolute Gasteiger partial charge is 0.494 e. The fraction of sp³-hybridized carbons (Fsp3) is 0.381. The molecule has 2 aromatic rings. The van der Waals surface area contributed by atoms with Crippen LogP contribution in [0.2, 0.25) is 0 Å². The minimum atomic E-state index is -0.151. The van der Waals surface area contributed by atoms with Gasteiger partial charge in [-0.05, 0) is 54.7 Å². The Hall–Kier alpha value is -2.49. The van der Waals surface area contributed by atoms with Crippen LogP contribution in [0.25, 0.3) is 0 Å². The van der Waals surface area contributed by atoms with E-state index in [4.69, 9.17) is 9.47 Å². The second kappa shape index (κ2) is 9.72. The Balaban J connectivity index is 1.93. The number of anilines is 1. The molecule has 0 aromatic heterocycles. The number of ether oxygens (including phenoxy) is 2. The number of para-hydroxylation sites is 1. The molecule has 0 radical (unpaired) electrons. The lowest BCUT2D eigenvalue weighted by Gasteiger charge is -2.15. The molecular weight excluding hydrogens is 314 g/mol. The van der Waals surface area contributed by atoms with Crippen LogP contribution in [0.1, 0.15) is 38.3 Å². The first-order valence-electron chi connectivity index (χ1n) is 8.94. The lowest BCUT2D eigenvalue weighted by atomic mass is 10.0. The summed E-state index contributed by atoms with van der Waals surface area (Å²) in [6, 6.07) is 13.5. The van der Waals surface area contributed by atoms with Crippen LogP contribution >= 0.6 is 0 Å². The van der Waals surface area contributed by atoms with Crippen molar-refractivity contribution in [1.29, 1.82) is 0 Å². The molecule has 0 fully saturated rings. The van der Waals surface area contributed by atoms with Crippen molar-refractivity contribution >= 4 is 11.6 Å². The predicted molar refractivity (Wildman–Crippen MR) is 102 cm³/mol. The van der Waals surface area contributed by atoms with E-state index in [2.05, 4.69) is 26.1 Å². The van der Waals surface area contributed by atoms with Gasteiger partial charge in [0.1, 0.15) is 11.5 Å². The summed E-state index contributed by atoms with van der Waals surface area (Å²) in [6.07, 6.45) is 2.73. The first-order chi connectivity index (χ1) is 12.2. The Bertz CT molecular complexity index is 658. The van der Waals surface area contributed by atoms with Gasteiger partial charge in [-0.3, -0.25) is 4.79 Å². The van der Waals surface area contributed by atoms with E-state index in [0.29, 0.717) is 12.4 Å². The minimum absolute atomic E-state index is 0.0175. The van der Waals surface area contributed by atoms with E-state index in [9.17, 15) is 4.79 Å². The highest BCUT2D eigenvalue weighted by molar-refractivity contribution is 5.93. The fourth-order valence-electron chi connectivity index (χ4n) is 2.58. The molecule has 2 aromatic carbocycles. The summed E-state index contributed by atoms with van der Waals surface area (Å²) in [4.78, 5) is 12.3. The summed E-state index contributed by atoms with van der Waals surface area (Å²) in [5.41, 5.74) is 3.21. The molecule has 134 valence electrons. The van der Waals surface area contributed by atoms with Gasteiger partial charge in [0.2, 0.25) is 0 Å². The highest BCUT2D eigenvalue weighted by atomic mass is 16.5. The SMILES string of the molecule is CCCOc1ccc(OCC(=O)Nc2c(CC)cccc2CC)cc1. The molecule has 0 aliphatic carbocycles.